The molecule has 0 spiro atoms. The molecule has 0 aliphatic carbocycles. The van der Waals surface area contributed by atoms with Gasteiger partial charge >= 0.3 is 0 Å². The average Bonchev–Trinajstić information content (AvgIpc) is 3.17. The summed E-state index contributed by atoms with van der Waals surface area (Å²) in [7, 11) is 0. The van der Waals surface area contributed by atoms with Crippen molar-refractivity contribution in [1.82, 2.24) is 20.4 Å². The van der Waals surface area contributed by atoms with Crippen molar-refractivity contribution in [3.8, 4) is 5.69 Å². The smallest absolute Gasteiger partial charge is 0.271 e. The fourth-order valence-corrected chi connectivity index (χ4v) is 2.70. The first kappa shape index (κ1) is 19.9. The van der Waals surface area contributed by atoms with Crippen molar-refractivity contribution in [3.63, 3.8) is 0 Å². The Morgan fingerprint density at radius 3 is 2.39 bits per heavy atom. The molecule has 6 nitrogen and oxygen atoms in total. The van der Waals surface area contributed by atoms with E-state index in [-0.39, 0.29) is 35.4 Å². The predicted octanol–water partition coefficient (Wildman–Crippen LogP) is 3.48. The quantitative estimate of drug-likeness (QED) is 0.599. The van der Waals surface area contributed by atoms with E-state index in [1.165, 1.54) is 35.1 Å². The standard InChI is InChI=1S/C19H15Cl2FN4O2/c20-13-6-5-12(11-14(13)21)18(27)23-8-9-24-19(28)16-7-10-26(25-16)17-4-2-1-3-15(17)22/h1-7,10-11H,8-9H2,(H,23,27)(H,24,28). The lowest BCUT2D eigenvalue weighted by atomic mass is 10.2. The van der Waals surface area contributed by atoms with Crippen LogP contribution in [0.3, 0.4) is 0 Å². The molecule has 3 rings (SSSR count). The molecule has 2 aromatic carbocycles. The molecular weight excluding hydrogens is 406 g/mol. The number of hydrogen-bond acceptors (Lipinski definition) is 3. The summed E-state index contributed by atoms with van der Waals surface area (Å²) in [4.78, 5) is 24.2. The Morgan fingerprint density at radius 1 is 0.964 bits per heavy atom. The number of para-hydroxylation sites is 1. The van der Waals surface area contributed by atoms with Crippen molar-refractivity contribution < 1.29 is 14.0 Å². The van der Waals surface area contributed by atoms with E-state index in [1.807, 2.05) is 0 Å². The lowest BCUT2D eigenvalue weighted by Crippen LogP contribution is -2.34. The zero-order chi connectivity index (χ0) is 20.1. The highest BCUT2D eigenvalue weighted by Gasteiger charge is 2.12. The number of hydrogen-bond donors (Lipinski definition) is 2. The molecular formula is C19H15Cl2FN4O2. The molecule has 3 aromatic rings. The van der Waals surface area contributed by atoms with Gasteiger partial charge in [0.2, 0.25) is 0 Å². The van der Waals surface area contributed by atoms with Crippen LogP contribution in [-0.2, 0) is 0 Å². The van der Waals surface area contributed by atoms with Crippen molar-refractivity contribution in [2.75, 3.05) is 13.1 Å². The lowest BCUT2D eigenvalue weighted by Gasteiger charge is -2.07. The number of nitrogens with zero attached hydrogens (tertiary/aromatic N) is 2. The molecule has 2 amide bonds. The fraction of sp³-hybridized carbons (Fsp3) is 0.105. The average molecular weight is 421 g/mol. The van der Waals surface area contributed by atoms with E-state index >= 15 is 0 Å². The van der Waals surface area contributed by atoms with Crippen LogP contribution in [0.15, 0.2) is 54.7 Å². The minimum atomic E-state index is -0.442. The van der Waals surface area contributed by atoms with Crippen molar-refractivity contribution in [1.29, 1.82) is 0 Å². The highest BCUT2D eigenvalue weighted by Crippen LogP contribution is 2.22. The van der Waals surface area contributed by atoms with Gasteiger partial charge in [-0.05, 0) is 36.4 Å². The zero-order valence-electron chi connectivity index (χ0n) is 14.5. The Kier molecular flexibility index (Phi) is 6.28. The number of amides is 2. The van der Waals surface area contributed by atoms with Gasteiger partial charge in [-0.25, -0.2) is 9.07 Å². The minimum absolute atomic E-state index is 0.138. The van der Waals surface area contributed by atoms with Gasteiger partial charge in [0, 0.05) is 24.8 Å². The maximum absolute atomic E-state index is 13.8. The first-order chi connectivity index (χ1) is 13.5. The number of aromatic nitrogens is 2. The summed E-state index contributed by atoms with van der Waals surface area (Å²) in [6.07, 6.45) is 1.50. The number of carbonyl (C=O) groups excluding carboxylic acids is 2. The number of nitrogens with one attached hydrogen (secondary N) is 2. The van der Waals surface area contributed by atoms with Crippen LogP contribution in [0.2, 0.25) is 10.0 Å². The van der Waals surface area contributed by atoms with Crippen LogP contribution in [-0.4, -0.2) is 34.7 Å². The van der Waals surface area contributed by atoms with Crippen LogP contribution in [0.1, 0.15) is 20.8 Å². The molecule has 0 saturated carbocycles. The van der Waals surface area contributed by atoms with Crippen LogP contribution >= 0.6 is 23.2 Å². The number of benzene rings is 2. The molecule has 9 heteroatoms. The van der Waals surface area contributed by atoms with E-state index in [2.05, 4.69) is 15.7 Å². The third-order valence-electron chi connectivity index (χ3n) is 3.80. The normalized spacial score (nSPS) is 10.5. The van der Waals surface area contributed by atoms with Crippen molar-refractivity contribution >= 4 is 35.0 Å². The molecule has 2 N–H and O–H groups in total. The topological polar surface area (TPSA) is 76.0 Å². The van der Waals surface area contributed by atoms with Gasteiger partial charge in [0.1, 0.15) is 11.5 Å². The molecule has 144 valence electrons. The maximum atomic E-state index is 13.8. The lowest BCUT2D eigenvalue weighted by molar-refractivity contribution is 0.0925. The van der Waals surface area contributed by atoms with E-state index < -0.39 is 11.7 Å². The van der Waals surface area contributed by atoms with E-state index in [0.29, 0.717) is 10.6 Å². The monoisotopic (exact) mass is 420 g/mol. The second-order valence-corrected chi connectivity index (χ2v) is 6.55. The van der Waals surface area contributed by atoms with Crippen molar-refractivity contribution in [3.05, 3.63) is 81.8 Å². The van der Waals surface area contributed by atoms with Gasteiger partial charge < -0.3 is 10.6 Å². The Morgan fingerprint density at radius 2 is 1.68 bits per heavy atom. The fourth-order valence-electron chi connectivity index (χ4n) is 2.40. The van der Waals surface area contributed by atoms with Gasteiger partial charge in [-0.1, -0.05) is 35.3 Å². The summed E-state index contributed by atoms with van der Waals surface area (Å²) in [5, 5.41) is 10.0. The summed E-state index contributed by atoms with van der Waals surface area (Å²) < 4.78 is 15.1. The summed E-state index contributed by atoms with van der Waals surface area (Å²) in [6, 6.07) is 12.2. The Hall–Kier alpha value is -2.90. The third-order valence-corrected chi connectivity index (χ3v) is 4.54. The van der Waals surface area contributed by atoms with Gasteiger partial charge in [0.15, 0.2) is 5.69 Å². The van der Waals surface area contributed by atoms with Crippen LogP contribution < -0.4 is 10.6 Å². The zero-order valence-corrected chi connectivity index (χ0v) is 16.0. The first-order valence-corrected chi connectivity index (χ1v) is 9.03. The van der Waals surface area contributed by atoms with Gasteiger partial charge in [0.25, 0.3) is 11.8 Å². The summed E-state index contributed by atoms with van der Waals surface area (Å²) in [5.41, 5.74) is 0.749. The molecule has 0 radical (unpaired) electrons. The van der Waals surface area contributed by atoms with Gasteiger partial charge in [-0.2, -0.15) is 5.10 Å². The Labute approximate surface area is 170 Å². The number of carbonyl (C=O) groups is 2. The number of halogens is 3. The molecule has 0 fully saturated rings. The molecule has 0 aliphatic rings. The molecule has 28 heavy (non-hydrogen) atoms. The van der Waals surface area contributed by atoms with E-state index in [9.17, 15) is 14.0 Å². The van der Waals surface area contributed by atoms with Gasteiger partial charge in [0.05, 0.1) is 10.0 Å². The van der Waals surface area contributed by atoms with Crippen LogP contribution in [0.25, 0.3) is 5.69 Å². The minimum Gasteiger partial charge on any atom is -0.350 e. The van der Waals surface area contributed by atoms with Gasteiger partial charge in [-0.3, -0.25) is 9.59 Å². The van der Waals surface area contributed by atoms with Crippen LogP contribution in [0, 0.1) is 5.82 Å². The highest BCUT2D eigenvalue weighted by atomic mass is 35.5. The largest absolute Gasteiger partial charge is 0.350 e. The molecule has 0 unspecified atom stereocenters. The highest BCUT2D eigenvalue weighted by molar-refractivity contribution is 6.42. The summed E-state index contributed by atoms with van der Waals surface area (Å²) in [5.74, 6) is -1.21. The SMILES string of the molecule is O=C(NCCNC(=O)c1ccn(-c2ccccc2F)n1)c1ccc(Cl)c(Cl)c1. The van der Waals surface area contributed by atoms with Crippen molar-refractivity contribution in [2.24, 2.45) is 0 Å². The van der Waals surface area contributed by atoms with Gasteiger partial charge in [-0.15, -0.1) is 0 Å². The van der Waals surface area contributed by atoms with E-state index in [0.717, 1.165) is 0 Å². The maximum Gasteiger partial charge on any atom is 0.271 e. The Balaban J connectivity index is 1.50. The number of rotatable bonds is 6. The first-order valence-electron chi connectivity index (χ1n) is 8.28. The molecule has 0 bridgehead atoms. The van der Waals surface area contributed by atoms with Crippen LogP contribution in [0.4, 0.5) is 4.39 Å². The van der Waals surface area contributed by atoms with E-state index in [1.54, 1.807) is 24.3 Å². The molecule has 0 saturated heterocycles. The van der Waals surface area contributed by atoms with Crippen molar-refractivity contribution in [2.45, 2.75) is 0 Å². The molecule has 0 atom stereocenters. The second kappa shape index (κ2) is 8.86. The summed E-state index contributed by atoms with van der Waals surface area (Å²) in [6.45, 7) is 0.400. The molecule has 0 aliphatic heterocycles. The second-order valence-electron chi connectivity index (χ2n) is 5.74. The summed E-state index contributed by atoms with van der Waals surface area (Å²) >= 11 is 11.7. The van der Waals surface area contributed by atoms with E-state index in [4.69, 9.17) is 23.2 Å². The predicted molar refractivity (Wildman–Crippen MR) is 105 cm³/mol. The molecule has 1 heterocycles. The third kappa shape index (κ3) is 4.68. The molecule has 1 aromatic heterocycles. The Bertz CT molecular complexity index is 1020. The van der Waals surface area contributed by atoms with Crippen LogP contribution in [0.5, 0.6) is 0 Å².